The van der Waals surface area contributed by atoms with E-state index in [4.69, 9.17) is 5.14 Å². The molecule has 0 bridgehead atoms. The fraction of sp³-hybridized carbons (Fsp3) is 0.750. The number of nitrogens with one attached hydrogen (secondary N) is 2. The van der Waals surface area contributed by atoms with Crippen LogP contribution in [-0.4, -0.2) is 14.3 Å². The molecule has 0 aliphatic carbocycles. The largest absolute Gasteiger partial charge is 0.546 e. The third-order valence-electron chi connectivity index (χ3n) is 0.759. The molecule has 0 saturated heterocycles. The van der Waals surface area contributed by atoms with E-state index in [1.165, 1.54) is 4.72 Å². The van der Waals surface area contributed by atoms with E-state index >= 15 is 0 Å². The van der Waals surface area contributed by atoms with Crippen molar-refractivity contribution < 1.29 is 52.2 Å². The van der Waals surface area contributed by atoms with Crippen molar-refractivity contribution in [1.29, 1.82) is 0 Å². The fourth-order valence-corrected chi connectivity index (χ4v) is 0.751. The van der Waals surface area contributed by atoms with E-state index in [0.29, 0.717) is 0 Å². The van der Waals surface area contributed by atoms with Crippen LogP contribution in [0.25, 0.3) is 5.14 Å². The van der Waals surface area contributed by atoms with Crippen molar-refractivity contribution >= 4 is 16.1 Å². The average Bonchev–Trinajstić information content (AvgIpc) is 1.60. The van der Waals surface area contributed by atoms with Crippen molar-refractivity contribution in [2.24, 2.45) is 5.92 Å². The standard InChI is InChI=1S/C4H10N2O3S.2Rh/c1-3(2)4(7)6-10(5,8)9;;/h3H,1-2H3,(H3,5,6,7,8,9);;/p-1. The molecule has 0 aliphatic heterocycles. The second-order valence-electron chi connectivity index (χ2n) is 2.12. The Kier molecular flexibility index (Phi) is 10.9. The van der Waals surface area contributed by atoms with Gasteiger partial charge in [0.05, 0.1) is 0 Å². The Morgan fingerprint density at radius 2 is 1.67 bits per heavy atom. The van der Waals surface area contributed by atoms with E-state index < -0.39 is 22.0 Å². The van der Waals surface area contributed by atoms with Crippen LogP contribution < -0.4 is 4.72 Å². The van der Waals surface area contributed by atoms with Gasteiger partial charge < -0.3 is 5.14 Å². The van der Waals surface area contributed by atoms with Gasteiger partial charge in [0.25, 0.3) is 0 Å². The Morgan fingerprint density at radius 1 is 1.33 bits per heavy atom. The van der Waals surface area contributed by atoms with Gasteiger partial charge in [-0.2, -0.15) is 0 Å². The van der Waals surface area contributed by atoms with Gasteiger partial charge in [0.15, 0.2) is 10.2 Å². The maximum atomic E-state index is 10.5. The van der Waals surface area contributed by atoms with Gasteiger partial charge in [-0.25, -0.2) is 8.42 Å². The number of rotatable bonds is 2. The SMILES string of the molecule is CC(C)C(=O)NS([NH-])(=O)=O.[Rh].[Rh]. The van der Waals surface area contributed by atoms with Crippen LogP contribution in [-0.2, 0) is 54.0 Å². The maximum absolute atomic E-state index is 10.5. The molecule has 2 N–H and O–H groups in total. The van der Waals surface area contributed by atoms with E-state index in [1.54, 1.807) is 13.8 Å². The number of carbonyl (C=O) groups excluding carboxylic acids is 1. The Hall–Kier alpha value is 0.627. The topological polar surface area (TPSA) is 87.0 Å². The number of carbonyl (C=O) groups is 1. The number of hydrogen-bond acceptors (Lipinski definition) is 3. The summed E-state index contributed by atoms with van der Waals surface area (Å²) in [7, 11) is -4.12. The number of amides is 1. The molecular weight excluding hydrogens is 362 g/mol. The first kappa shape index (κ1) is 18.4. The van der Waals surface area contributed by atoms with Gasteiger partial charge in [-0.3, -0.25) is 9.52 Å². The molecule has 1 amide bonds. The first-order valence-corrected chi connectivity index (χ1v) is 4.12. The minimum atomic E-state index is -4.12. The fourth-order valence-electron chi connectivity index (χ4n) is 0.250. The van der Waals surface area contributed by atoms with Crippen molar-refractivity contribution in [2.75, 3.05) is 0 Å². The van der Waals surface area contributed by atoms with E-state index in [1.807, 2.05) is 0 Å². The molecule has 12 heavy (non-hydrogen) atoms. The molecule has 0 atom stereocenters. The van der Waals surface area contributed by atoms with Gasteiger partial charge in [-0.1, -0.05) is 13.8 Å². The van der Waals surface area contributed by atoms with Crippen molar-refractivity contribution in [3.63, 3.8) is 0 Å². The second kappa shape index (κ2) is 7.07. The second-order valence-corrected chi connectivity index (χ2v) is 3.34. The van der Waals surface area contributed by atoms with Crippen LogP contribution in [0.3, 0.4) is 0 Å². The smallest absolute Gasteiger partial charge is 0.234 e. The summed E-state index contributed by atoms with van der Waals surface area (Å²) in [6.07, 6.45) is 0. The molecule has 0 aromatic heterocycles. The van der Waals surface area contributed by atoms with E-state index in [-0.39, 0.29) is 39.0 Å². The zero-order valence-corrected chi connectivity index (χ0v) is 10.5. The molecule has 2 radical (unpaired) electrons. The first-order chi connectivity index (χ1) is 4.33. The maximum Gasteiger partial charge on any atom is 0.234 e. The van der Waals surface area contributed by atoms with E-state index in [2.05, 4.69) is 0 Å². The molecule has 0 spiro atoms. The summed E-state index contributed by atoms with van der Waals surface area (Å²) in [6.45, 7) is 3.08. The van der Waals surface area contributed by atoms with Gasteiger partial charge in [-0.15, -0.1) is 0 Å². The number of hydrogen-bond donors (Lipinski definition) is 1. The third-order valence-corrected chi connectivity index (χ3v) is 1.23. The van der Waals surface area contributed by atoms with Crippen LogP contribution in [0.15, 0.2) is 0 Å². The zero-order chi connectivity index (χ0) is 8.36. The summed E-state index contributed by atoms with van der Waals surface area (Å²) in [4.78, 5) is 10.5. The molecule has 5 nitrogen and oxygen atoms in total. The molecule has 0 aromatic rings. The molecule has 0 rings (SSSR count). The first-order valence-electron chi connectivity index (χ1n) is 2.64. The van der Waals surface area contributed by atoms with Gasteiger partial charge in [0.2, 0.25) is 5.91 Å². The Bertz CT molecular complexity index is 226. The predicted octanol–water partition coefficient (Wildman–Crippen LogP) is 0.0506. The molecule has 0 unspecified atom stereocenters. The summed E-state index contributed by atoms with van der Waals surface area (Å²) in [5.41, 5.74) is 0. The van der Waals surface area contributed by atoms with E-state index in [9.17, 15) is 13.2 Å². The van der Waals surface area contributed by atoms with Gasteiger partial charge >= 0.3 is 0 Å². The zero-order valence-electron chi connectivity index (χ0n) is 6.38. The Labute approximate surface area is 97.5 Å². The van der Waals surface area contributed by atoms with Crippen molar-refractivity contribution in [3.8, 4) is 0 Å². The minimum Gasteiger partial charge on any atom is -0.546 e. The van der Waals surface area contributed by atoms with Gasteiger partial charge in [-0.05, 0) is 0 Å². The third kappa shape index (κ3) is 10.6. The van der Waals surface area contributed by atoms with Gasteiger partial charge in [0.1, 0.15) is 0 Å². The van der Waals surface area contributed by atoms with Crippen LogP contribution in [0.4, 0.5) is 0 Å². The average molecular weight is 371 g/mol. The quantitative estimate of drug-likeness (QED) is 0.697. The van der Waals surface area contributed by atoms with Crippen molar-refractivity contribution in [2.45, 2.75) is 13.8 Å². The van der Waals surface area contributed by atoms with Crippen LogP contribution in [0, 0.1) is 5.92 Å². The summed E-state index contributed by atoms with van der Waals surface area (Å²) in [5.74, 6) is -1.07. The monoisotopic (exact) mass is 371 g/mol. The molecule has 0 aliphatic rings. The molecule has 0 fully saturated rings. The summed E-state index contributed by atoms with van der Waals surface area (Å²) < 4.78 is 21.7. The summed E-state index contributed by atoms with van der Waals surface area (Å²) in [5, 5.41) is 6.30. The molecule has 0 heterocycles. The summed E-state index contributed by atoms with van der Waals surface area (Å²) in [6, 6.07) is 0. The summed E-state index contributed by atoms with van der Waals surface area (Å²) >= 11 is 0. The van der Waals surface area contributed by atoms with Crippen molar-refractivity contribution in [1.82, 2.24) is 4.72 Å². The molecular formula is C4H9N2O3Rh2S-. The minimum absolute atomic E-state index is 0. The van der Waals surface area contributed by atoms with Gasteiger partial charge in [0, 0.05) is 44.9 Å². The molecule has 0 aromatic carbocycles. The van der Waals surface area contributed by atoms with Crippen LogP contribution >= 0.6 is 0 Å². The molecule has 8 heteroatoms. The van der Waals surface area contributed by atoms with Crippen LogP contribution in [0.5, 0.6) is 0 Å². The van der Waals surface area contributed by atoms with Crippen molar-refractivity contribution in [3.05, 3.63) is 5.14 Å². The Balaban J connectivity index is -0.000000405. The Morgan fingerprint density at radius 3 is 1.75 bits per heavy atom. The van der Waals surface area contributed by atoms with Crippen LogP contribution in [0.2, 0.25) is 0 Å². The molecule has 0 saturated carbocycles. The normalized spacial score (nSPS) is 9.67. The predicted molar refractivity (Wildman–Crippen MR) is 36.2 cm³/mol. The van der Waals surface area contributed by atoms with Crippen LogP contribution in [0.1, 0.15) is 13.8 Å². The molecule has 78 valence electrons. The van der Waals surface area contributed by atoms with E-state index in [0.717, 1.165) is 0 Å².